The van der Waals surface area contributed by atoms with Crippen LogP contribution in [0.5, 0.6) is 5.75 Å². The van der Waals surface area contributed by atoms with Gasteiger partial charge in [0.2, 0.25) is 0 Å². The number of carbonyl (C=O) groups is 2. The van der Waals surface area contributed by atoms with Gasteiger partial charge < -0.3 is 20.5 Å². The highest BCUT2D eigenvalue weighted by atomic mass is 16.5. The molecule has 0 unspecified atom stereocenters. The van der Waals surface area contributed by atoms with Crippen LogP contribution >= 0.6 is 0 Å². The monoisotopic (exact) mass is 264 g/mol. The molecule has 0 aliphatic heterocycles. The van der Waals surface area contributed by atoms with E-state index in [0.29, 0.717) is 11.3 Å². The summed E-state index contributed by atoms with van der Waals surface area (Å²) in [6.07, 6.45) is 0. The Bertz CT molecular complexity index is 485. The minimum atomic E-state index is -0.497. The van der Waals surface area contributed by atoms with Crippen molar-refractivity contribution in [2.24, 2.45) is 0 Å². The summed E-state index contributed by atoms with van der Waals surface area (Å²) in [5, 5.41) is 14.4. The largest absolute Gasteiger partial charge is 0.506 e. The van der Waals surface area contributed by atoms with E-state index in [1.165, 1.54) is 6.07 Å². The molecular formula is C13H16N2O4. The van der Waals surface area contributed by atoms with Gasteiger partial charge in [-0.05, 0) is 19.1 Å². The van der Waals surface area contributed by atoms with E-state index in [-0.39, 0.29) is 18.9 Å². The van der Waals surface area contributed by atoms with Crippen molar-refractivity contribution in [1.29, 1.82) is 0 Å². The molecule has 6 heteroatoms. The quantitative estimate of drug-likeness (QED) is 0.326. The van der Waals surface area contributed by atoms with E-state index >= 15 is 0 Å². The fourth-order valence-corrected chi connectivity index (χ4v) is 1.18. The van der Waals surface area contributed by atoms with Crippen molar-refractivity contribution in [3.8, 4) is 5.75 Å². The highest BCUT2D eigenvalue weighted by Gasteiger charge is 2.06. The number of amides is 2. The molecule has 2 amide bonds. The molecule has 0 saturated heterocycles. The van der Waals surface area contributed by atoms with Gasteiger partial charge in [0.05, 0.1) is 12.2 Å². The number of hydrogen-bond donors (Lipinski definition) is 3. The Hall–Kier alpha value is -2.50. The standard InChI is InChI=1S/C13H16N2O4/c1-9(2)12(17)19-8-7-14-13(18)15-10-5-3-4-6-11(10)16/h3-6,16H,1,7-8H2,2H3,(H2,14,15,18). The number of esters is 1. The predicted molar refractivity (Wildman–Crippen MR) is 70.9 cm³/mol. The molecule has 1 rings (SSSR count). The zero-order chi connectivity index (χ0) is 14.3. The van der Waals surface area contributed by atoms with Gasteiger partial charge in [0, 0.05) is 5.57 Å². The van der Waals surface area contributed by atoms with Crippen molar-refractivity contribution in [3.05, 3.63) is 36.4 Å². The molecule has 0 saturated carbocycles. The summed E-state index contributed by atoms with van der Waals surface area (Å²) in [5.41, 5.74) is 0.609. The molecule has 6 nitrogen and oxygen atoms in total. The number of hydrogen-bond acceptors (Lipinski definition) is 4. The number of urea groups is 1. The lowest BCUT2D eigenvalue weighted by molar-refractivity contribution is -0.138. The van der Waals surface area contributed by atoms with Gasteiger partial charge in [-0.1, -0.05) is 18.7 Å². The molecule has 102 valence electrons. The lowest BCUT2D eigenvalue weighted by atomic mass is 10.3. The van der Waals surface area contributed by atoms with Crippen LogP contribution in [0.2, 0.25) is 0 Å². The average molecular weight is 264 g/mol. The van der Waals surface area contributed by atoms with E-state index in [4.69, 9.17) is 4.74 Å². The second-order valence-corrected chi connectivity index (χ2v) is 3.81. The molecular weight excluding hydrogens is 248 g/mol. The second kappa shape index (κ2) is 7.05. The molecule has 0 fully saturated rings. The molecule has 19 heavy (non-hydrogen) atoms. The van der Waals surface area contributed by atoms with Crippen LogP contribution in [-0.4, -0.2) is 30.3 Å². The topological polar surface area (TPSA) is 87.7 Å². The summed E-state index contributed by atoms with van der Waals surface area (Å²) >= 11 is 0. The molecule has 0 aliphatic carbocycles. The number of phenols is 1. The summed E-state index contributed by atoms with van der Waals surface area (Å²) in [7, 11) is 0. The van der Waals surface area contributed by atoms with Gasteiger partial charge in [-0.2, -0.15) is 0 Å². The first kappa shape index (κ1) is 14.6. The van der Waals surface area contributed by atoms with Crippen LogP contribution in [-0.2, 0) is 9.53 Å². The Morgan fingerprint density at radius 3 is 2.68 bits per heavy atom. The highest BCUT2D eigenvalue weighted by Crippen LogP contribution is 2.20. The zero-order valence-corrected chi connectivity index (χ0v) is 10.6. The lowest BCUT2D eigenvalue weighted by Crippen LogP contribution is -2.32. The van der Waals surface area contributed by atoms with Gasteiger partial charge in [-0.3, -0.25) is 0 Å². The van der Waals surface area contributed by atoms with Crippen LogP contribution in [0.1, 0.15) is 6.92 Å². The first-order chi connectivity index (χ1) is 9.00. The highest BCUT2D eigenvalue weighted by molar-refractivity contribution is 5.90. The summed E-state index contributed by atoms with van der Waals surface area (Å²) < 4.78 is 4.80. The Kier molecular flexibility index (Phi) is 5.40. The fraction of sp³-hybridized carbons (Fsp3) is 0.231. The van der Waals surface area contributed by atoms with Crippen LogP contribution in [0.15, 0.2) is 36.4 Å². The van der Waals surface area contributed by atoms with Crippen LogP contribution in [0.25, 0.3) is 0 Å². The van der Waals surface area contributed by atoms with Gasteiger partial charge >= 0.3 is 12.0 Å². The maximum absolute atomic E-state index is 11.5. The van der Waals surface area contributed by atoms with Gasteiger partial charge in [0.15, 0.2) is 0 Å². The molecule has 1 aromatic carbocycles. The average Bonchev–Trinajstić information content (AvgIpc) is 2.37. The van der Waals surface area contributed by atoms with E-state index in [0.717, 1.165) is 0 Å². The molecule has 0 aromatic heterocycles. The number of aromatic hydroxyl groups is 1. The predicted octanol–water partition coefficient (Wildman–Crippen LogP) is 1.63. The third-order valence-electron chi connectivity index (χ3n) is 2.12. The van der Waals surface area contributed by atoms with Gasteiger partial charge in [-0.25, -0.2) is 9.59 Å². The van der Waals surface area contributed by atoms with E-state index < -0.39 is 12.0 Å². The van der Waals surface area contributed by atoms with E-state index in [1.807, 2.05) is 0 Å². The minimum Gasteiger partial charge on any atom is -0.506 e. The van der Waals surface area contributed by atoms with Gasteiger partial charge in [0.1, 0.15) is 12.4 Å². The summed E-state index contributed by atoms with van der Waals surface area (Å²) in [6, 6.07) is 5.87. The zero-order valence-electron chi connectivity index (χ0n) is 10.6. The second-order valence-electron chi connectivity index (χ2n) is 3.81. The minimum absolute atomic E-state index is 0.0219. The summed E-state index contributed by atoms with van der Waals surface area (Å²) in [4.78, 5) is 22.5. The maximum atomic E-state index is 11.5. The normalized spacial score (nSPS) is 9.53. The van der Waals surface area contributed by atoms with Crippen molar-refractivity contribution in [3.63, 3.8) is 0 Å². The third-order valence-corrected chi connectivity index (χ3v) is 2.12. The van der Waals surface area contributed by atoms with Gasteiger partial charge in [-0.15, -0.1) is 0 Å². The Morgan fingerprint density at radius 1 is 1.37 bits per heavy atom. The number of carbonyl (C=O) groups excluding carboxylic acids is 2. The first-order valence-corrected chi connectivity index (χ1v) is 5.66. The SMILES string of the molecule is C=C(C)C(=O)OCCNC(=O)Nc1ccccc1O. The smallest absolute Gasteiger partial charge is 0.333 e. The van der Waals surface area contributed by atoms with Crippen molar-refractivity contribution >= 4 is 17.7 Å². The van der Waals surface area contributed by atoms with Gasteiger partial charge in [0.25, 0.3) is 0 Å². The number of phenolic OH excluding ortho intramolecular Hbond substituents is 1. The van der Waals surface area contributed by atoms with Crippen LogP contribution in [0.4, 0.5) is 10.5 Å². The van der Waals surface area contributed by atoms with Crippen molar-refractivity contribution in [1.82, 2.24) is 5.32 Å². The molecule has 0 heterocycles. The number of benzene rings is 1. The lowest BCUT2D eigenvalue weighted by Gasteiger charge is -2.09. The van der Waals surface area contributed by atoms with E-state index in [1.54, 1.807) is 25.1 Å². The molecule has 0 spiro atoms. The summed E-state index contributed by atoms with van der Waals surface area (Å²) in [5.74, 6) is -0.519. The van der Waals surface area contributed by atoms with Crippen molar-refractivity contribution in [2.75, 3.05) is 18.5 Å². The van der Waals surface area contributed by atoms with Crippen LogP contribution in [0.3, 0.4) is 0 Å². The van der Waals surface area contributed by atoms with E-state index in [2.05, 4.69) is 17.2 Å². The molecule has 3 N–H and O–H groups in total. The fourth-order valence-electron chi connectivity index (χ4n) is 1.18. The van der Waals surface area contributed by atoms with Crippen molar-refractivity contribution < 1.29 is 19.4 Å². The van der Waals surface area contributed by atoms with Crippen LogP contribution in [0, 0.1) is 0 Å². The molecule has 0 atom stereocenters. The third kappa shape index (κ3) is 5.12. The number of nitrogens with one attached hydrogen (secondary N) is 2. The number of rotatable bonds is 5. The Morgan fingerprint density at radius 2 is 2.05 bits per heavy atom. The van der Waals surface area contributed by atoms with E-state index in [9.17, 15) is 14.7 Å². The van der Waals surface area contributed by atoms with Crippen LogP contribution < -0.4 is 10.6 Å². The molecule has 1 aromatic rings. The molecule has 0 radical (unpaired) electrons. The first-order valence-electron chi connectivity index (χ1n) is 5.66. The Labute approximate surface area is 111 Å². The number of ether oxygens (including phenoxy) is 1. The Balaban J connectivity index is 2.27. The molecule has 0 aliphatic rings. The maximum Gasteiger partial charge on any atom is 0.333 e. The molecule has 0 bridgehead atoms. The number of anilines is 1. The van der Waals surface area contributed by atoms with Crippen molar-refractivity contribution in [2.45, 2.75) is 6.92 Å². The summed E-state index contributed by atoms with van der Waals surface area (Å²) in [6.45, 7) is 5.20. The number of para-hydroxylation sites is 2.